The van der Waals surface area contributed by atoms with Crippen molar-refractivity contribution in [2.75, 3.05) is 6.54 Å². The molecule has 20 heavy (non-hydrogen) atoms. The van der Waals surface area contributed by atoms with Gasteiger partial charge in [-0.2, -0.15) is 0 Å². The smallest absolute Gasteiger partial charge is 0.0177 e. The highest BCUT2D eigenvalue weighted by Gasteiger charge is 2.29. The molecule has 0 amide bonds. The third kappa shape index (κ3) is 2.78. The Balaban J connectivity index is 1.82. The number of hydrogen-bond acceptors (Lipinski definition) is 1. The average molecular weight is 265 g/mol. The normalized spacial score (nSPS) is 22.1. The predicted molar refractivity (Wildman–Crippen MR) is 85.1 cm³/mol. The summed E-state index contributed by atoms with van der Waals surface area (Å²) >= 11 is 0. The minimum Gasteiger partial charge on any atom is -0.313 e. The number of rotatable bonds is 4. The first-order chi connectivity index (χ1) is 9.88. The molecule has 0 saturated carbocycles. The summed E-state index contributed by atoms with van der Waals surface area (Å²) in [5.74, 6) is 0.659. The maximum atomic E-state index is 3.70. The van der Waals surface area contributed by atoms with E-state index in [2.05, 4.69) is 66.8 Å². The molecule has 0 aliphatic carbocycles. The first-order valence-electron chi connectivity index (χ1n) is 7.73. The third-order valence-electron chi connectivity index (χ3n) is 4.48. The standard InChI is InChI=1S/C19H23N/c1-2-16-10-6-7-11-17(16)18-12-13-20-19(18)14-15-8-4-3-5-9-15/h3-11,18-20H,2,12-14H2,1H3. The molecular formula is C19H23N. The first kappa shape index (κ1) is 13.4. The second-order valence-corrected chi connectivity index (χ2v) is 5.70. The Morgan fingerprint density at radius 1 is 1.00 bits per heavy atom. The second-order valence-electron chi connectivity index (χ2n) is 5.70. The van der Waals surface area contributed by atoms with Gasteiger partial charge in [0.1, 0.15) is 0 Å². The van der Waals surface area contributed by atoms with E-state index in [0.717, 1.165) is 19.4 Å². The fraction of sp³-hybridized carbons (Fsp3) is 0.368. The molecule has 1 aliphatic heterocycles. The molecule has 0 radical (unpaired) electrons. The molecule has 1 fully saturated rings. The minimum absolute atomic E-state index is 0.574. The third-order valence-corrected chi connectivity index (χ3v) is 4.48. The van der Waals surface area contributed by atoms with Crippen LogP contribution in [0, 0.1) is 0 Å². The van der Waals surface area contributed by atoms with Gasteiger partial charge in [0.25, 0.3) is 0 Å². The van der Waals surface area contributed by atoms with Gasteiger partial charge in [-0.25, -0.2) is 0 Å². The van der Waals surface area contributed by atoms with Crippen molar-refractivity contribution < 1.29 is 0 Å². The Kier molecular flexibility index (Phi) is 4.17. The van der Waals surface area contributed by atoms with Crippen molar-refractivity contribution in [3.05, 3.63) is 71.3 Å². The second kappa shape index (κ2) is 6.23. The van der Waals surface area contributed by atoms with Gasteiger partial charge in [0, 0.05) is 12.0 Å². The largest absolute Gasteiger partial charge is 0.313 e. The van der Waals surface area contributed by atoms with Gasteiger partial charge in [-0.05, 0) is 42.5 Å². The highest BCUT2D eigenvalue weighted by molar-refractivity contribution is 5.33. The van der Waals surface area contributed by atoms with Gasteiger partial charge in [0.05, 0.1) is 0 Å². The van der Waals surface area contributed by atoms with Crippen molar-refractivity contribution in [1.29, 1.82) is 0 Å². The predicted octanol–water partition coefficient (Wildman–Crippen LogP) is 3.94. The Morgan fingerprint density at radius 3 is 2.55 bits per heavy atom. The van der Waals surface area contributed by atoms with Gasteiger partial charge < -0.3 is 5.32 Å². The van der Waals surface area contributed by atoms with Crippen LogP contribution >= 0.6 is 0 Å². The van der Waals surface area contributed by atoms with Crippen molar-refractivity contribution >= 4 is 0 Å². The van der Waals surface area contributed by atoms with Crippen molar-refractivity contribution in [3.8, 4) is 0 Å². The van der Waals surface area contributed by atoms with Crippen LogP contribution in [-0.4, -0.2) is 12.6 Å². The maximum absolute atomic E-state index is 3.70. The lowest BCUT2D eigenvalue weighted by Crippen LogP contribution is -2.28. The van der Waals surface area contributed by atoms with E-state index in [-0.39, 0.29) is 0 Å². The van der Waals surface area contributed by atoms with Gasteiger partial charge >= 0.3 is 0 Å². The lowest BCUT2D eigenvalue weighted by molar-refractivity contribution is 0.541. The van der Waals surface area contributed by atoms with E-state index < -0.39 is 0 Å². The zero-order valence-corrected chi connectivity index (χ0v) is 12.2. The summed E-state index contributed by atoms with van der Waals surface area (Å²) in [5.41, 5.74) is 4.51. The van der Waals surface area contributed by atoms with E-state index in [9.17, 15) is 0 Å². The van der Waals surface area contributed by atoms with Crippen LogP contribution < -0.4 is 5.32 Å². The van der Waals surface area contributed by atoms with Crippen molar-refractivity contribution in [2.45, 2.75) is 38.1 Å². The molecule has 104 valence electrons. The van der Waals surface area contributed by atoms with Gasteiger partial charge in [-0.3, -0.25) is 0 Å². The van der Waals surface area contributed by atoms with Crippen LogP contribution in [0.1, 0.15) is 36.0 Å². The van der Waals surface area contributed by atoms with Crippen molar-refractivity contribution in [2.24, 2.45) is 0 Å². The van der Waals surface area contributed by atoms with Crippen molar-refractivity contribution in [3.63, 3.8) is 0 Å². The topological polar surface area (TPSA) is 12.0 Å². The van der Waals surface area contributed by atoms with Gasteiger partial charge in [0.15, 0.2) is 0 Å². The molecule has 1 heteroatoms. The minimum atomic E-state index is 0.574. The molecule has 2 atom stereocenters. The molecule has 2 unspecified atom stereocenters. The highest BCUT2D eigenvalue weighted by atomic mass is 14.9. The van der Waals surface area contributed by atoms with Gasteiger partial charge in [0.2, 0.25) is 0 Å². The Hall–Kier alpha value is -1.60. The summed E-state index contributed by atoms with van der Waals surface area (Å²) in [4.78, 5) is 0. The van der Waals surface area contributed by atoms with Crippen LogP contribution in [0.2, 0.25) is 0 Å². The van der Waals surface area contributed by atoms with Crippen LogP contribution in [0.15, 0.2) is 54.6 Å². The average Bonchev–Trinajstić information content (AvgIpc) is 2.96. The molecule has 1 nitrogen and oxygen atoms in total. The molecule has 0 spiro atoms. The number of benzene rings is 2. The molecule has 1 aliphatic rings. The summed E-state index contributed by atoms with van der Waals surface area (Å²) in [5, 5.41) is 3.70. The zero-order valence-electron chi connectivity index (χ0n) is 12.2. The van der Waals surface area contributed by atoms with Crippen LogP contribution in [-0.2, 0) is 12.8 Å². The summed E-state index contributed by atoms with van der Waals surface area (Å²) < 4.78 is 0. The summed E-state index contributed by atoms with van der Waals surface area (Å²) in [6.07, 6.45) is 3.52. The Bertz CT molecular complexity index is 547. The monoisotopic (exact) mass is 265 g/mol. The molecule has 0 bridgehead atoms. The number of hydrogen-bond donors (Lipinski definition) is 1. The molecule has 2 aromatic rings. The maximum Gasteiger partial charge on any atom is 0.0177 e. The lowest BCUT2D eigenvalue weighted by Gasteiger charge is -2.22. The fourth-order valence-corrected chi connectivity index (χ4v) is 3.44. The van der Waals surface area contributed by atoms with Crippen molar-refractivity contribution in [1.82, 2.24) is 5.32 Å². The molecule has 1 N–H and O–H groups in total. The van der Waals surface area contributed by atoms with E-state index in [1.807, 2.05) is 0 Å². The highest BCUT2D eigenvalue weighted by Crippen LogP contribution is 2.32. The Morgan fingerprint density at radius 2 is 1.75 bits per heavy atom. The quantitative estimate of drug-likeness (QED) is 0.883. The lowest BCUT2D eigenvalue weighted by atomic mass is 9.85. The van der Waals surface area contributed by atoms with E-state index in [0.29, 0.717) is 12.0 Å². The SMILES string of the molecule is CCc1ccccc1C1CCNC1Cc1ccccc1. The van der Waals surface area contributed by atoms with E-state index in [1.54, 1.807) is 5.56 Å². The molecule has 1 heterocycles. The first-order valence-corrected chi connectivity index (χ1v) is 7.73. The van der Waals surface area contributed by atoms with Gasteiger partial charge in [-0.15, -0.1) is 0 Å². The number of aryl methyl sites for hydroxylation is 1. The van der Waals surface area contributed by atoms with Crippen LogP contribution in [0.3, 0.4) is 0 Å². The molecule has 3 rings (SSSR count). The van der Waals surface area contributed by atoms with E-state index in [4.69, 9.17) is 0 Å². The fourth-order valence-electron chi connectivity index (χ4n) is 3.44. The molecule has 2 aromatic carbocycles. The molecular weight excluding hydrogens is 242 g/mol. The number of nitrogens with one attached hydrogen (secondary N) is 1. The van der Waals surface area contributed by atoms with E-state index in [1.165, 1.54) is 17.5 Å². The summed E-state index contributed by atoms with van der Waals surface area (Å²) in [6, 6.07) is 20.4. The van der Waals surface area contributed by atoms with Gasteiger partial charge in [-0.1, -0.05) is 61.5 Å². The van der Waals surface area contributed by atoms with Crippen LogP contribution in [0.4, 0.5) is 0 Å². The molecule has 1 saturated heterocycles. The zero-order chi connectivity index (χ0) is 13.8. The van der Waals surface area contributed by atoms with Crippen LogP contribution in [0.5, 0.6) is 0 Å². The Labute approximate surface area is 122 Å². The van der Waals surface area contributed by atoms with E-state index >= 15 is 0 Å². The summed E-state index contributed by atoms with van der Waals surface area (Å²) in [6.45, 7) is 3.40. The molecule has 0 aromatic heterocycles. The van der Waals surface area contributed by atoms with Crippen LogP contribution in [0.25, 0.3) is 0 Å². The summed E-state index contributed by atoms with van der Waals surface area (Å²) in [7, 11) is 0.